The number of urea groups is 1. The van der Waals surface area contributed by atoms with Crippen LogP contribution in [0.4, 0.5) is 10.6 Å². The first-order chi connectivity index (χ1) is 11.5. The number of benzene rings is 1. The van der Waals surface area contributed by atoms with Crippen molar-refractivity contribution in [3.05, 3.63) is 58.7 Å². The van der Waals surface area contributed by atoms with Gasteiger partial charge in [0, 0.05) is 11.6 Å². The number of pyridine rings is 1. The van der Waals surface area contributed by atoms with E-state index in [2.05, 4.69) is 10.3 Å². The lowest BCUT2D eigenvalue weighted by Crippen LogP contribution is -2.34. The number of amides is 3. The maximum absolute atomic E-state index is 12.6. The molecule has 1 aliphatic rings. The van der Waals surface area contributed by atoms with Crippen LogP contribution in [0.25, 0.3) is 0 Å². The van der Waals surface area contributed by atoms with Crippen molar-refractivity contribution in [2.75, 3.05) is 11.9 Å². The van der Waals surface area contributed by atoms with Crippen LogP contribution in [-0.4, -0.2) is 28.4 Å². The van der Waals surface area contributed by atoms with E-state index >= 15 is 0 Å². The molecule has 124 valence electrons. The van der Waals surface area contributed by atoms with Crippen LogP contribution < -0.4 is 11.1 Å². The fourth-order valence-electron chi connectivity index (χ4n) is 2.86. The smallest absolute Gasteiger partial charge is 0.323 e. The Bertz CT molecular complexity index is 763. The minimum atomic E-state index is -0.633. The number of halogens is 1. The van der Waals surface area contributed by atoms with Crippen LogP contribution in [0.15, 0.2) is 42.5 Å². The first-order valence-corrected chi connectivity index (χ1v) is 8.02. The van der Waals surface area contributed by atoms with Crippen LogP contribution in [0.2, 0.25) is 5.02 Å². The second kappa shape index (κ2) is 6.88. The van der Waals surface area contributed by atoms with Gasteiger partial charge in [-0.15, -0.1) is 0 Å². The van der Waals surface area contributed by atoms with Gasteiger partial charge in [-0.1, -0.05) is 29.8 Å². The number of carbonyl (C=O) groups is 2. The van der Waals surface area contributed by atoms with Crippen molar-refractivity contribution >= 4 is 29.4 Å². The van der Waals surface area contributed by atoms with Crippen molar-refractivity contribution in [1.82, 2.24) is 9.88 Å². The standard InChI is InChI=1S/C17H17ClN4O2/c18-12-8-6-11(7-9-12)14-4-2-10-22(14)17(24)21-15-5-1-3-13(20-15)16(19)23/h1,3,5-9,14H,2,4,10H2,(H2,19,23)(H,20,21,24). The number of primary amides is 1. The zero-order valence-electron chi connectivity index (χ0n) is 12.9. The normalized spacial score (nSPS) is 16.9. The third-order valence-corrected chi connectivity index (χ3v) is 4.26. The minimum absolute atomic E-state index is 0.00147. The molecule has 3 N–H and O–H groups in total. The summed E-state index contributed by atoms with van der Waals surface area (Å²) < 4.78 is 0. The molecule has 1 aliphatic heterocycles. The number of anilines is 1. The molecule has 7 heteroatoms. The van der Waals surface area contributed by atoms with Crippen LogP contribution in [0, 0.1) is 0 Å². The predicted molar refractivity (Wildman–Crippen MR) is 91.9 cm³/mol. The summed E-state index contributed by atoms with van der Waals surface area (Å²) in [6.07, 6.45) is 1.82. The number of nitrogens with two attached hydrogens (primary N) is 1. The first-order valence-electron chi connectivity index (χ1n) is 7.64. The van der Waals surface area contributed by atoms with Crippen molar-refractivity contribution in [1.29, 1.82) is 0 Å². The van der Waals surface area contributed by atoms with Crippen LogP contribution >= 0.6 is 11.6 Å². The summed E-state index contributed by atoms with van der Waals surface area (Å²) in [6.45, 7) is 0.661. The molecule has 2 heterocycles. The summed E-state index contributed by atoms with van der Waals surface area (Å²) in [4.78, 5) is 29.6. The molecule has 0 aliphatic carbocycles. The molecule has 0 saturated carbocycles. The summed E-state index contributed by atoms with van der Waals surface area (Å²) in [7, 11) is 0. The average molecular weight is 345 g/mol. The molecule has 0 radical (unpaired) electrons. The van der Waals surface area contributed by atoms with Gasteiger partial charge in [0.15, 0.2) is 0 Å². The van der Waals surface area contributed by atoms with Gasteiger partial charge in [0.2, 0.25) is 0 Å². The molecule has 1 atom stereocenters. The number of carbonyl (C=O) groups excluding carboxylic acids is 2. The lowest BCUT2D eigenvalue weighted by atomic mass is 10.1. The highest BCUT2D eigenvalue weighted by Crippen LogP contribution is 2.32. The highest BCUT2D eigenvalue weighted by molar-refractivity contribution is 6.30. The summed E-state index contributed by atoms with van der Waals surface area (Å²) in [5.74, 6) is -0.329. The number of hydrogen-bond donors (Lipinski definition) is 2. The Labute approximate surface area is 144 Å². The molecular formula is C17H17ClN4O2. The van der Waals surface area contributed by atoms with Gasteiger partial charge in [-0.2, -0.15) is 0 Å². The number of aromatic nitrogens is 1. The molecule has 1 unspecified atom stereocenters. The molecule has 3 amide bonds. The van der Waals surface area contributed by atoms with E-state index in [1.807, 2.05) is 24.3 Å². The van der Waals surface area contributed by atoms with E-state index in [1.165, 1.54) is 6.07 Å². The van der Waals surface area contributed by atoms with Gasteiger partial charge >= 0.3 is 6.03 Å². The molecule has 24 heavy (non-hydrogen) atoms. The lowest BCUT2D eigenvalue weighted by molar-refractivity contribution is 0.0995. The van der Waals surface area contributed by atoms with E-state index in [9.17, 15) is 9.59 Å². The molecule has 0 spiro atoms. The van der Waals surface area contributed by atoms with E-state index in [1.54, 1.807) is 17.0 Å². The van der Waals surface area contributed by atoms with Gasteiger partial charge < -0.3 is 10.6 Å². The molecule has 0 bridgehead atoms. The molecule has 1 aromatic heterocycles. The van der Waals surface area contributed by atoms with Gasteiger partial charge in [0.1, 0.15) is 11.5 Å². The van der Waals surface area contributed by atoms with Crippen molar-refractivity contribution in [3.63, 3.8) is 0 Å². The van der Waals surface area contributed by atoms with Gasteiger partial charge in [-0.25, -0.2) is 9.78 Å². The zero-order valence-corrected chi connectivity index (χ0v) is 13.7. The molecule has 1 saturated heterocycles. The molecule has 1 aromatic carbocycles. The van der Waals surface area contributed by atoms with Gasteiger partial charge in [-0.3, -0.25) is 10.1 Å². The van der Waals surface area contributed by atoms with E-state index in [0.717, 1.165) is 18.4 Å². The zero-order chi connectivity index (χ0) is 17.1. The van der Waals surface area contributed by atoms with E-state index in [4.69, 9.17) is 17.3 Å². The number of nitrogens with zero attached hydrogens (tertiary/aromatic N) is 2. The molecule has 6 nitrogen and oxygen atoms in total. The predicted octanol–water partition coefficient (Wildman–Crippen LogP) is 3.20. The maximum Gasteiger partial charge on any atom is 0.323 e. The van der Waals surface area contributed by atoms with Gasteiger partial charge in [0.25, 0.3) is 5.91 Å². The van der Waals surface area contributed by atoms with E-state index < -0.39 is 5.91 Å². The van der Waals surface area contributed by atoms with E-state index in [-0.39, 0.29) is 17.8 Å². The fraction of sp³-hybridized carbons (Fsp3) is 0.235. The molecule has 1 fully saturated rings. The van der Waals surface area contributed by atoms with Gasteiger partial charge in [-0.05, 0) is 42.7 Å². The number of hydrogen-bond acceptors (Lipinski definition) is 3. The summed E-state index contributed by atoms with van der Waals surface area (Å²) in [6, 6.07) is 12.0. The fourth-order valence-corrected chi connectivity index (χ4v) is 2.99. The van der Waals surface area contributed by atoms with Crippen molar-refractivity contribution in [2.24, 2.45) is 5.73 Å². The van der Waals surface area contributed by atoms with Gasteiger partial charge in [0.05, 0.1) is 6.04 Å². The largest absolute Gasteiger partial charge is 0.364 e. The Hall–Kier alpha value is -2.60. The van der Waals surface area contributed by atoms with Crippen LogP contribution in [0.5, 0.6) is 0 Å². The lowest BCUT2D eigenvalue weighted by Gasteiger charge is -2.25. The van der Waals surface area contributed by atoms with Crippen molar-refractivity contribution in [3.8, 4) is 0 Å². The molecule has 2 aromatic rings. The third kappa shape index (κ3) is 3.49. The van der Waals surface area contributed by atoms with Crippen LogP contribution in [0.1, 0.15) is 34.9 Å². The van der Waals surface area contributed by atoms with E-state index in [0.29, 0.717) is 17.4 Å². The van der Waals surface area contributed by atoms with Crippen molar-refractivity contribution in [2.45, 2.75) is 18.9 Å². The van der Waals surface area contributed by atoms with Crippen molar-refractivity contribution < 1.29 is 9.59 Å². The molecule has 3 rings (SSSR count). The average Bonchev–Trinajstić information content (AvgIpc) is 3.05. The maximum atomic E-state index is 12.6. The Kier molecular flexibility index (Phi) is 4.66. The second-order valence-corrected chi connectivity index (χ2v) is 6.04. The Morgan fingerprint density at radius 1 is 1.21 bits per heavy atom. The SMILES string of the molecule is NC(=O)c1cccc(NC(=O)N2CCCC2c2ccc(Cl)cc2)n1. The summed E-state index contributed by atoms with van der Waals surface area (Å²) >= 11 is 5.93. The summed E-state index contributed by atoms with van der Waals surface area (Å²) in [5.41, 5.74) is 6.37. The second-order valence-electron chi connectivity index (χ2n) is 5.61. The first kappa shape index (κ1) is 16.3. The third-order valence-electron chi connectivity index (χ3n) is 4.00. The highest BCUT2D eigenvalue weighted by atomic mass is 35.5. The van der Waals surface area contributed by atoms with Crippen LogP contribution in [0.3, 0.4) is 0 Å². The Balaban J connectivity index is 1.75. The van der Waals surface area contributed by atoms with Crippen LogP contribution in [-0.2, 0) is 0 Å². The number of likely N-dealkylation sites (tertiary alicyclic amines) is 1. The Morgan fingerprint density at radius 2 is 1.96 bits per heavy atom. The topological polar surface area (TPSA) is 88.3 Å². The number of rotatable bonds is 3. The minimum Gasteiger partial charge on any atom is -0.364 e. The Morgan fingerprint density at radius 3 is 2.67 bits per heavy atom. The highest BCUT2D eigenvalue weighted by Gasteiger charge is 2.30. The quantitative estimate of drug-likeness (QED) is 0.896. The summed E-state index contributed by atoms with van der Waals surface area (Å²) in [5, 5.41) is 3.40. The monoisotopic (exact) mass is 344 g/mol. The molecular weight excluding hydrogens is 328 g/mol. The number of nitrogens with one attached hydrogen (secondary N) is 1.